The normalized spacial score (nSPS) is 49.1. The van der Waals surface area contributed by atoms with Crippen molar-refractivity contribution in [3.05, 3.63) is 11.6 Å². The van der Waals surface area contributed by atoms with Crippen molar-refractivity contribution < 1.29 is 9.53 Å². The van der Waals surface area contributed by atoms with E-state index in [1.54, 1.807) is 5.57 Å². The number of ether oxygens (including phenoxy) is 1. The molecule has 1 heterocycles. The van der Waals surface area contributed by atoms with E-state index in [4.69, 9.17) is 4.74 Å². The van der Waals surface area contributed by atoms with Crippen LogP contribution in [0.25, 0.3) is 0 Å². The van der Waals surface area contributed by atoms with Gasteiger partial charge in [-0.25, -0.2) is 0 Å². The van der Waals surface area contributed by atoms with Gasteiger partial charge in [-0.15, -0.1) is 0 Å². The predicted octanol–water partition coefficient (Wildman–Crippen LogP) is 3.32. The average Bonchev–Trinajstić information content (AvgIpc) is 2.58. The van der Waals surface area contributed by atoms with Crippen LogP contribution in [-0.2, 0) is 9.53 Å². The Morgan fingerprint density at radius 3 is 2.88 bits per heavy atom. The highest BCUT2D eigenvalue weighted by atomic mass is 16.6. The lowest BCUT2D eigenvalue weighted by Gasteiger charge is -2.51. The van der Waals surface area contributed by atoms with Gasteiger partial charge in [0.2, 0.25) is 0 Å². The molecule has 94 valence electrons. The van der Waals surface area contributed by atoms with Gasteiger partial charge in [0, 0.05) is 5.92 Å². The van der Waals surface area contributed by atoms with Gasteiger partial charge in [0.25, 0.3) is 0 Å². The smallest absolute Gasteiger partial charge is 0.309 e. The second-order valence-corrected chi connectivity index (χ2v) is 6.32. The van der Waals surface area contributed by atoms with Gasteiger partial charge in [0.15, 0.2) is 0 Å². The van der Waals surface area contributed by atoms with E-state index in [0.717, 1.165) is 12.8 Å². The van der Waals surface area contributed by atoms with Crippen molar-refractivity contribution >= 4 is 5.97 Å². The van der Waals surface area contributed by atoms with Crippen LogP contribution in [0.15, 0.2) is 11.6 Å². The molecule has 0 amide bonds. The van der Waals surface area contributed by atoms with E-state index < -0.39 is 0 Å². The van der Waals surface area contributed by atoms with Crippen LogP contribution in [0.4, 0.5) is 0 Å². The molecule has 5 unspecified atom stereocenters. The van der Waals surface area contributed by atoms with Crippen LogP contribution < -0.4 is 0 Å². The molecule has 5 atom stereocenters. The van der Waals surface area contributed by atoms with Crippen molar-refractivity contribution in [1.29, 1.82) is 0 Å². The van der Waals surface area contributed by atoms with Crippen molar-refractivity contribution in [2.45, 2.75) is 52.6 Å². The number of carbonyl (C=O) groups is 1. The molecular formula is C15H22O2. The molecule has 0 aromatic rings. The maximum absolute atomic E-state index is 11.8. The molecule has 1 saturated carbocycles. The quantitative estimate of drug-likeness (QED) is 0.475. The van der Waals surface area contributed by atoms with Crippen molar-refractivity contribution in [2.75, 3.05) is 0 Å². The summed E-state index contributed by atoms with van der Waals surface area (Å²) >= 11 is 0. The summed E-state index contributed by atoms with van der Waals surface area (Å²) in [6.07, 6.45) is 7.25. The zero-order valence-electron chi connectivity index (χ0n) is 11.0. The van der Waals surface area contributed by atoms with E-state index in [2.05, 4.69) is 26.8 Å². The summed E-state index contributed by atoms with van der Waals surface area (Å²) in [4.78, 5) is 11.8. The molecule has 0 bridgehead atoms. The van der Waals surface area contributed by atoms with Gasteiger partial charge in [-0.05, 0) is 37.0 Å². The lowest BCUT2D eigenvalue weighted by atomic mass is 9.53. The van der Waals surface area contributed by atoms with Crippen molar-refractivity contribution in [3.63, 3.8) is 0 Å². The molecule has 1 saturated heterocycles. The minimum absolute atomic E-state index is 0.0280. The van der Waals surface area contributed by atoms with Gasteiger partial charge in [-0.1, -0.05) is 32.4 Å². The predicted molar refractivity (Wildman–Crippen MR) is 66.4 cm³/mol. The Bertz CT molecular complexity index is 384. The minimum atomic E-state index is 0.0280. The fraction of sp³-hybridized carbons (Fsp3) is 0.800. The Morgan fingerprint density at radius 2 is 2.12 bits per heavy atom. The monoisotopic (exact) mass is 234 g/mol. The number of fused-ring (bicyclic) bond motifs is 3. The summed E-state index contributed by atoms with van der Waals surface area (Å²) < 4.78 is 5.57. The third-order valence-electron chi connectivity index (χ3n) is 5.68. The number of esters is 1. The molecule has 0 spiro atoms. The Labute approximate surface area is 103 Å². The zero-order valence-corrected chi connectivity index (χ0v) is 11.0. The number of hydrogen-bond acceptors (Lipinski definition) is 2. The Balaban J connectivity index is 2.05. The SMILES string of the molecule is CC1C(=O)OC2CCC3=CCCC(C)C3(C)C21. The average molecular weight is 234 g/mol. The highest BCUT2D eigenvalue weighted by Crippen LogP contribution is 2.58. The molecule has 0 N–H and O–H groups in total. The fourth-order valence-electron chi connectivity index (χ4n) is 4.50. The molecule has 1 aliphatic heterocycles. The second kappa shape index (κ2) is 3.60. The summed E-state index contributed by atoms with van der Waals surface area (Å²) in [5.41, 5.74) is 1.80. The van der Waals surface area contributed by atoms with Crippen LogP contribution in [0.2, 0.25) is 0 Å². The van der Waals surface area contributed by atoms with Crippen LogP contribution in [0, 0.1) is 23.2 Å². The van der Waals surface area contributed by atoms with Crippen LogP contribution >= 0.6 is 0 Å². The third-order valence-corrected chi connectivity index (χ3v) is 5.68. The number of allylic oxidation sites excluding steroid dienone is 2. The maximum atomic E-state index is 11.8. The summed E-state index contributed by atoms with van der Waals surface area (Å²) in [6, 6.07) is 0. The second-order valence-electron chi connectivity index (χ2n) is 6.32. The molecule has 2 nitrogen and oxygen atoms in total. The molecule has 17 heavy (non-hydrogen) atoms. The van der Waals surface area contributed by atoms with Crippen LogP contribution in [-0.4, -0.2) is 12.1 Å². The first-order valence-corrected chi connectivity index (χ1v) is 6.95. The lowest BCUT2D eigenvalue weighted by Crippen LogP contribution is -2.47. The molecule has 3 aliphatic rings. The van der Waals surface area contributed by atoms with Crippen LogP contribution in [0.5, 0.6) is 0 Å². The highest BCUT2D eigenvalue weighted by molar-refractivity contribution is 5.75. The summed E-state index contributed by atoms with van der Waals surface area (Å²) in [7, 11) is 0. The first-order chi connectivity index (χ1) is 8.05. The van der Waals surface area contributed by atoms with Gasteiger partial charge >= 0.3 is 5.97 Å². The van der Waals surface area contributed by atoms with E-state index in [1.165, 1.54) is 12.8 Å². The largest absolute Gasteiger partial charge is 0.462 e. The molecule has 3 rings (SSSR count). The first kappa shape index (κ1) is 11.3. The standard InChI is InChI=1S/C15H22O2/c1-9-5-4-6-11-7-8-12-13(15(9,11)3)10(2)14(16)17-12/h6,9-10,12-13H,4-5,7-8H2,1-3H3. The molecule has 2 aliphatic carbocycles. The Kier molecular flexibility index (Phi) is 2.39. The molecule has 0 aromatic carbocycles. The minimum Gasteiger partial charge on any atom is -0.462 e. The Hall–Kier alpha value is -0.790. The molecule has 0 aromatic heterocycles. The molecule has 2 fully saturated rings. The molecule has 0 radical (unpaired) electrons. The third kappa shape index (κ3) is 1.36. The number of hydrogen-bond donors (Lipinski definition) is 0. The number of rotatable bonds is 0. The summed E-state index contributed by atoms with van der Waals surface area (Å²) in [5, 5.41) is 0. The fourth-order valence-corrected chi connectivity index (χ4v) is 4.50. The van der Waals surface area contributed by atoms with Crippen molar-refractivity contribution in [3.8, 4) is 0 Å². The lowest BCUT2D eigenvalue weighted by molar-refractivity contribution is -0.144. The molecule has 2 heteroatoms. The van der Waals surface area contributed by atoms with Gasteiger partial charge in [0.05, 0.1) is 5.92 Å². The topological polar surface area (TPSA) is 26.3 Å². The van der Waals surface area contributed by atoms with E-state index >= 15 is 0 Å². The van der Waals surface area contributed by atoms with E-state index in [-0.39, 0.29) is 23.4 Å². The van der Waals surface area contributed by atoms with E-state index in [0.29, 0.717) is 11.8 Å². The van der Waals surface area contributed by atoms with E-state index in [1.807, 2.05) is 0 Å². The Morgan fingerprint density at radius 1 is 1.35 bits per heavy atom. The van der Waals surface area contributed by atoms with Gasteiger partial charge in [-0.2, -0.15) is 0 Å². The van der Waals surface area contributed by atoms with E-state index in [9.17, 15) is 4.79 Å². The van der Waals surface area contributed by atoms with Crippen LogP contribution in [0.3, 0.4) is 0 Å². The zero-order chi connectivity index (χ0) is 12.2. The summed E-state index contributed by atoms with van der Waals surface area (Å²) in [6.45, 7) is 6.78. The van der Waals surface area contributed by atoms with Gasteiger partial charge < -0.3 is 4.74 Å². The van der Waals surface area contributed by atoms with Crippen molar-refractivity contribution in [2.24, 2.45) is 23.2 Å². The highest BCUT2D eigenvalue weighted by Gasteiger charge is 2.57. The first-order valence-electron chi connectivity index (χ1n) is 6.95. The van der Waals surface area contributed by atoms with Crippen molar-refractivity contribution in [1.82, 2.24) is 0 Å². The number of carbonyl (C=O) groups excluding carboxylic acids is 1. The summed E-state index contributed by atoms with van der Waals surface area (Å²) in [5.74, 6) is 1.19. The van der Waals surface area contributed by atoms with Crippen LogP contribution in [0.1, 0.15) is 46.5 Å². The van der Waals surface area contributed by atoms with Gasteiger partial charge in [-0.3, -0.25) is 4.79 Å². The van der Waals surface area contributed by atoms with Gasteiger partial charge in [0.1, 0.15) is 6.10 Å². The maximum Gasteiger partial charge on any atom is 0.309 e. The molecular weight excluding hydrogens is 212 g/mol.